The van der Waals surface area contributed by atoms with E-state index in [0.717, 1.165) is 5.56 Å². The summed E-state index contributed by atoms with van der Waals surface area (Å²) in [5.74, 6) is 0.511. The smallest absolute Gasteiger partial charge is 0.228 e. The average molecular weight is 344 g/mol. The number of hydrogen-bond donors (Lipinski definition) is 1. The summed E-state index contributed by atoms with van der Waals surface area (Å²) < 4.78 is 3.75. The first-order valence-corrected chi connectivity index (χ1v) is 8.60. The van der Waals surface area contributed by atoms with Crippen molar-refractivity contribution in [1.82, 2.24) is 14.3 Å². The van der Waals surface area contributed by atoms with Crippen molar-refractivity contribution in [3.05, 3.63) is 84.8 Å². The standard InChI is InChI=1S/C21H20N4O/c1-24-14-11-20(23-24)22-21(26)15-19(25-12-4-5-13-25)18-10-6-8-16-7-2-3-9-17(16)18/h2-14,19H,15H2,1H3,(H,22,23,26)/t19-/m0/s1. The lowest BCUT2D eigenvalue weighted by molar-refractivity contribution is -0.116. The van der Waals surface area contributed by atoms with Gasteiger partial charge in [0, 0.05) is 31.7 Å². The Morgan fingerprint density at radius 2 is 1.77 bits per heavy atom. The van der Waals surface area contributed by atoms with Gasteiger partial charge in [-0.3, -0.25) is 9.48 Å². The van der Waals surface area contributed by atoms with E-state index in [9.17, 15) is 4.79 Å². The van der Waals surface area contributed by atoms with Gasteiger partial charge in [-0.2, -0.15) is 5.10 Å². The van der Waals surface area contributed by atoms with Gasteiger partial charge in [0.15, 0.2) is 5.82 Å². The normalized spacial score (nSPS) is 12.2. The molecule has 2 heterocycles. The Hall–Kier alpha value is -3.34. The lowest BCUT2D eigenvalue weighted by Crippen LogP contribution is -2.20. The molecule has 2 aromatic heterocycles. The van der Waals surface area contributed by atoms with Gasteiger partial charge in [0.05, 0.1) is 12.5 Å². The van der Waals surface area contributed by atoms with Gasteiger partial charge in [-0.1, -0.05) is 42.5 Å². The van der Waals surface area contributed by atoms with E-state index in [2.05, 4.69) is 39.2 Å². The number of carbonyl (C=O) groups excluding carboxylic acids is 1. The molecule has 0 fully saturated rings. The summed E-state index contributed by atoms with van der Waals surface area (Å²) in [5.41, 5.74) is 1.13. The molecule has 0 saturated heterocycles. The van der Waals surface area contributed by atoms with Crippen molar-refractivity contribution in [3.63, 3.8) is 0 Å². The molecule has 0 aliphatic heterocycles. The molecule has 0 spiro atoms. The highest BCUT2D eigenvalue weighted by Gasteiger charge is 2.20. The summed E-state index contributed by atoms with van der Waals surface area (Å²) in [7, 11) is 1.83. The van der Waals surface area contributed by atoms with E-state index in [0.29, 0.717) is 12.2 Å². The molecule has 4 aromatic rings. The van der Waals surface area contributed by atoms with Crippen molar-refractivity contribution >= 4 is 22.5 Å². The fraction of sp³-hybridized carbons (Fsp3) is 0.143. The van der Waals surface area contributed by atoms with Gasteiger partial charge in [0.25, 0.3) is 0 Å². The van der Waals surface area contributed by atoms with E-state index in [1.165, 1.54) is 10.8 Å². The summed E-state index contributed by atoms with van der Waals surface area (Å²) >= 11 is 0. The highest BCUT2D eigenvalue weighted by atomic mass is 16.1. The van der Waals surface area contributed by atoms with Gasteiger partial charge in [0.1, 0.15) is 0 Å². The average Bonchev–Trinajstić information content (AvgIpc) is 3.31. The van der Waals surface area contributed by atoms with Gasteiger partial charge < -0.3 is 9.88 Å². The topological polar surface area (TPSA) is 51.9 Å². The Balaban J connectivity index is 1.68. The number of amides is 1. The highest BCUT2D eigenvalue weighted by Crippen LogP contribution is 2.29. The lowest BCUT2D eigenvalue weighted by atomic mass is 9.96. The number of fused-ring (bicyclic) bond motifs is 1. The summed E-state index contributed by atoms with van der Waals surface area (Å²) in [5, 5.41) is 9.45. The zero-order chi connectivity index (χ0) is 17.9. The van der Waals surface area contributed by atoms with Crippen LogP contribution in [0.4, 0.5) is 5.82 Å². The minimum Gasteiger partial charge on any atom is -0.346 e. The predicted molar refractivity (Wildman–Crippen MR) is 103 cm³/mol. The van der Waals surface area contributed by atoms with Gasteiger partial charge in [-0.05, 0) is 28.5 Å². The Morgan fingerprint density at radius 1 is 1.00 bits per heavy atom. The van der Waals surface area contributed by atoms with Crippen LogP contribution in [0.3, 0.4) is 0 Å². The zero-order valence-corrected chi connectivity index (χ0v) is 14.5. The van der Waals surface area contributed by atoms with E-state index in [1.54, 1.807) is 10.7 Å². The Kier molecular flexibility index (Phi) is 4.27. The molecule has 4 rings (SSSR count). The third-order valence-electron chi connectivity index (χ3n) is 4.53. The van der Waals surface area contributed by atoms with Crippen molar-refractivity contribution in [1.29, 1.82) is 0 Å². The van der Waals surface area contributed by atoms with Gasteiger partial charge >= 0.3 is 0 Å². The number of carbonyl (C=O) groups is 1. The summed E-state index contributed by atoms with van der Waals surface area (Å²) in [6.45, 7) is 0. The number of nitrogens with zero attached hydrogens (tertiary/aromatic N) is 3. The van der Waals surface area contributed by atoms with Crippen LogP contribution in [0, 0.1) is 0 Å². The van der Waals surface area contributed by atoms with Crippen LogP contribution in [0.2, 0.25) is 0 Å². The highest BCUT2D eigenvalue weighted by molar-refractivity contribution is 5.91. The Labute approximate surface area is 151 Å². The molecule has 5 nitrogen and oxygen atoms in total. The number of anilines is 1. The molecule has 2 aromatic carbocycles. The fourth-order valence-electron chi connectivity index (χ4n) is 3.32. The SMILES string of the molecule is Cn1ccc(NC(=O)C[C@@H](c2cccc3ccccc23)n2cccc2)n1. The fourth-order valence-corrected chi connectivity index (χ4v) is 3.32. The second-order valence-corrected chi connectivity index (χ2v) is 6.34. The molecule has 0 saturated carbocycles. The minimum atomic E-state index is -0.0835. The monoisotopic (exact) mass is 344 g/mol. The molecule has 0 bridgehead atoms. The summed E-state index contributed by atoms with van der Waals surface area (Å²) in [6.07, 6.45) is 6.14. The number of rotatable bonds is 5. The maximum atomic E-state index is 12.7. The summed E-state index contributed by atoms with van der Waals surface area (Å²) in [6, 6.07) is 20.2. The number of hydrogen-bond acceptors (Lipinski definition) is 2. The van der Waals surface area contributed by atoms with Gasteiger partial charge in [-0.15, -0.1) is 0 Å². The Morgan fingerprint density at radius 3 is 2.54 bits per heavy atom. The van der Waals surface area contributed by atoms with E-state index < -0.39 is 0 Å². The molecular weight excluding hydrogens is 324 g/mol. The van der Waals surface area contributed by atoms with Crippen LogP contribution in [0.15, 0.2) is 79.3 Å². The molecule has 0 unspecified atom stereocenters. The van der Waals surface area contributed by atoms with E-state index in [-0.39, 0.29) is 11.9 Å². The Bertz CT molecular complexity index is 1030. The quantitative estimate of drug-likeness (QED) is 0.595. The van der Waals surface area contributed by atoms with Crippen molar-refractivity contribution in [2.24, 2.45) is 7.05 Å². The van der Waals surface area contributed by atoms with Crippen molar-refractivity contribution in [2.45, 2.75) is 12.5 Å². The molecule has 0 radical (unpaired) electrons. The predicted octanol–water partition coefficient (Wildman–Crippen LogP) is 3.99. The van der Waals surface area contributed by atoms with Crippen LogP contribution in [0.5, 0.6) is 0 Å². The second kappa shape index (κ2) is 6.88. The molecule has 5 heteroatoms. The van der Waals surface area contributed by atoms with Crippen LogP contribution in [-0.4, -0.2) is 20.3 Å². The number of aromatic nitrogens is 3. The van der Waals surface area contributed by atoms with Crippen LogP contribution < -0.4 is 5.32 Å². The molecule has 1 N–H and O–H groups in total. The minimum absolute atomic E-state index is 0.0599. The first-order chi connectivity index (χ1) is 12.7. The molecule has 0 aliphatic carbocycles. The number of benzene rings is 2. The molecule has 130 valence electrons. The first-order valence-electron chi connectivity index (χ1n) is 8.60. The van der Waals surface area contributed by atoms with Crippen molar-refractivity contribution in [2.75, 3.05) is 5.32 Å². The van der Waals surface area contributed by atoms with Gasteiger partial charge in [0.2, 0.25) is 5.91 Å². The molecule has 26 heavy (non-hydrogen) atoms. The molecule has 0 aliphatic rings. The van der Waals surface area contributed by atoms with Crippen LogP contribution in [0.25, 0.3) is 10.8 Å². The number of aryl methyl sites for hydroxylation is 1. The first kappa shape index (κ1) is 16.1. The lowest BCUT2D eigenvalue weighted by Gasteiger charge is -2.21. The van der Waals surface area contributed by atoms with Crippen molar-refractivity contribution < 1.29 is 4.79 Å². The second-order valence-electron chi connectivity index (χ2n) is 6.34. The molecule has 1 amide bonds. The van der Waals surface area contributed by atoms with Crippen LogP contribution in [-0.2, 0) is 11.8 Å². The number of nitrogens with one attached hydrogen (secondary N) is 1. The zero-order valence-electron chi connectivity index (χ0n) is 14.5. The van der Waals surface area contributed by atoms with E-state index >= 15 is 0 Å². The van der Waals surface area contributed by atoms with Crippen LogP contribution in [0.1, 0.15) is 18.0 Å². The van der Waals surface area contributed by atoms with E-state index in [1.807, 2.05) is 56.0 Å². The van der Waals surface area contributed by atoms with E-state index in [4.69, 9.17) is 0 Å². The maximum absolute atomic E-state index is 12.7. The summed E-state index contributed by atoms with van der Waals surface area (Å²) in [4.78, 5) is 12.7. The molecular formula is C21H20N4O. The van der Waals surface area contributed by atoms with Crippen LogP contribution >= 0.6 is 0 Å². The van der Waals surface area contributed by atoms with Crippen molar-refractivity contribution in [3.8, 4) is 0 Å². The molecule has 1 atom stereocenters. The largest absolute Gasteiger partial charge is 0.346 e. The third kappa shape index (κ3) is 3.24. The third-order valence-corrected chi connectivity index (χ3v) is 4.53. The van der Waals surface area contributed by atoms with Gasteiger partial charge in [-0.25, -0.2) is 0 Å². The maximum Gasteiger partial charge on any atom is 0.228 e.